The Morgan fingerprint density at radius 2 is 1.79 bits per heavy atom. The van der Waals surface area contributed by atoms with E-state index in [0.717, 1.165) is 65.3 Å². The molecule has 0 amide bonds. The van der Waals surface area contributed by atoms with Gasteiger partial charge >= 0.3 is 5.69 Å². The molecule has 0 aliphatic carbocycles. The molecule has 33 heavy (non-hydrogen) atoms. The second kappa shape index (κ2) is 8.05. The van der Waals surface area contributed by atoms with Gasteiger partial charge in [0.05, 0.1) is 22.4 Å². The number of aliphatic imine (C=N–C) groups is 1. The minimum absolute atomic E-state index is 0.140. The Bertz CT molecular complexity index is 1410. The first-order chi connectivity index (χ1) is 16.2. The van der Waals surface area contributed by atoms with Crippen LogP contribution in [0.15, 0.2) is 70.5 Å². The Morgan fingerprint density at radius 3 is 2.64 bits per heavy atom. The molecule has 3 heterocycles. The number of anilines is 1. The highest BCUT2D eigenvalue weighted by Crippen LogP contribution is 2.38. The van der Waals surface area contributed by atoms with Crippen LogP contribution in [0, 0.1) is 0 Å². The van der Waals surface area contributed by atoms with Gasteiger partial charge < -0.3 is 14.8 Å². The highest BCUT2D eigenvalue weighted by Gasteiger charge is 2.20. The summed E-state index contributed by atoms with van der Waals surface area (Å²) in [5.41, 5.74) is 7.51. The van der Waals surface area contributed by atoms with Crippen LogP contribution < -0.4 is 10.6 Å². The van der Waals surface area contributed by atoms with E-state index in [1.807, 2.05) is 36.5 Å². The molecule has 2 aliphatic rings. The van der Waals surface area contributed by atoms with Crippen molar-refractivity contribution in [3.8, 4) is 16.8 Å². The first-order valence-corrected chi connectivity index (χ1v) is 11.7. The van der Waals surface area contributed by atoms with Gasteiger partial charge in [0.25, 0.3) is 0 Å². The van der Waals surface area contributed by atoms with Crippen LogP contribution in [0.5, 0.6) is 0 Å². The van der Waals surface area contributed by atoms with E-state index in [0.29, 0.717) is 0 Å². The summed E-state index contributed by atoms with van der Waals surface area (Å²) in [6.45, 7) is 7.79. The van der Waals surface area contributed by atoms with E-state index < -0.39 is 0 Å². The van der Waals surface area contributed by atoms with Crippen molar-refractivity contribution in [3.05, 3.63) is 76.7 Å². The first kappa shape index (κ1) is 20.0. The van der Waals surface area contributed by atoms with Crippen LogP contribution in [-0.4, -0.2) is 53.4 Å². The predicted octanol–water partition coefficient (Wildman–Crippen LogP) is 4.58. The number of nitrogens with zero attached hydrogens (tertiary/aromatic N) is 4. The number of imidazole rings is 1. The number of fused-ring (bicyclic) bond motifs is 2. The van der Waals surface area contributed by atoms with Gasteiger partial charge in [0.15, 0.2) is 0 Å². The van der Waals surface area contributed by atoms with Crippen molar-refractivity contribution in [1.29, 1.82) is 0 Å². The summed E-state index contributed by atoms with van der Waals surface area (Å²) in [7, 11) is 0. The monoisotopic (exact) mass is 437 g/mol. The normalized spacial score (nSPS) is 16.0. The van der Waals surface area contributed by atoms with Gasteiger partial charge in [-0.15, -0.1) is 0 Å². The topological polar surface area (TPSA) is 56.6 Å². The number of hydrogen-bond acceptors (Lipinski definition) is 4. The summed E-state index contributed by atoms with van der Waals surface area (Å²) >= 11 is 0. The van der Waals surface area contributed by atoms with Crippen LogP contribution in [0.3, 0.4) is 0 Å². The van der Waals surface area contributed by atoms with Crippen LogP contribution in [0.25, 0.3) is 27.8 Å². The standard InChI is InChI=1S/C27H27N5O/c1-2-30-14-5-15-31(17-16-30)21-12-10-19(11-13-21)22-7-4-9-24-25(22)28-18-20-6-3-8-23-26(20)32(24)27(33)29-23/h3-4,6-13,18H,2,5,14-17H2,1H3,(H,29,33). The van der Waals surface area contributed by atoms with Gasteiger partial charge in [-0.25, -0.2) is 4.79 Å². The zero-order valence-electron chi connectivity index (χ0n) is 18.8. The van der Waals surface area contributed by atoms with Crippen molar-refractivity contribution in [2.75, 3.05) is 37.6 Å². The lowest BCUT2D eigenvalue weighted by Crippen LogP contribution is -2.30. The first-order valence-electron chi connectivity index (χ1n) is 11.7. The average Bonchev–Trinajstić information content (AvgIpc) is 2.99. The molecular formula is C27H27N5O. The minimum Gasteiger partial charge on any atom is -0.370 e. The maximum Gasteiger partial charge on any atom is 0.331 e. The van der Waals surface area contributed by atoms with E-state index in [1.165, 1.54) is 18.7 Å². The summed E-state index contributed by atoms with van der Waals surface area (Å²) in [5, 5.41) is 0. The molecule has 1 fully saturated rings. The lowest BCUT2D eigenvalue weighted by molar-refractivity contribution is 0.310. The Balaban J connectivity index is 1.39. The van der Waals surface area contributed by atoms with Crippen LogP contribution in [0.1, 0.15) is 18.9 Å². The molecular weight excluding hydrogens is 410 g/mol. The van der Waals surface area contributed by atoms with Gasteiger partial charge in [-0.1, -0.05) is 43.3 Å². The molecule has 0 bridgehead atoms. The lowest BCUT2D eigenvalue weighted by atomic mass is 10.0. The second-order valence-electron chi connectivity index (χ2n) is 8.76. The summed E-state index contributed by atoms with van der Waals surface area (Å²) in [4.78, 5) is 25.7. The molecule has 0 atom stereocenters. The molecule has 1 aromatic heterocycles. The fourth-order valence-electron chi connectivity index (χ4n) is 5.13. The number of aromatic nitrogens is 2. The minimum atomic E-state index is -0.140. The SMILES string of the molecule is CCN1CCCN(c2ccc(-c3cccc4c3N=Cc3cccc5[nH]c(=O)n-4c35)cc2)CC1. The highest BCUT2D eigenvalue weighted by atomic mass is 16.1. The van der Waals surface area contributed by atoms with Gasteiger partial charge in [-0.3, -0.25) is 9.56 Å². The van der Waals surface area contributed by atoms with Crippen molar-refractivity contribution >= 4 is 28.6 Å². The number of nitrogens with one attached hydrogen (secondary N) is 1. The van der Waals surface area contributed by atoms with Gasteiger partial charge in [-0.2, -0.15) is 0 Å². The highest BCUT2D eigenvalue weighted by molar-refractivity contribution is 6.02. The predicted molar refractivity (Wildman–Crippen MR) is 136 cm³/mol. The molecule has 6 heteroatoms. The van der Waals surface area contributed by atoms with Gasteiger partial charge in [0, 0.05) is 42.7 Å². The third-order valence-corrected chi connectivity index (χ3v) is 6.90. The zero-order chi connectivity index (χ0) is 22.4. The molecule has 0 radical (unpaired) electrons. The lowest BCUT2D eigenvalue weighted by Gasteiger charge is -2.23. The third kappa shape index (κ3) is 3.38. The van der Waals surface area contributed by atoms with Crippen LogP contribution in [-0.2, 0) is 0 Å². The fraction of sp³-hybridized carbons (Fsp3) is 0.259. The van der Waals surface area contributed by atoms with Crippen molar-refractivity contribution in [2.45, 2.75) is 13.3 Å². The second-order valence-corrected chi connectivity index (χ2v) is 8.76. The Morgan fingerprint density at radius 1 is 0.939 bits per heavy atom. The molecule has 6 rings (SSSR count). The van der Waals surface area contributed by atoms with Crippen molar-refractivity contribution < 1.29 is 0 Å². The summed E-state index contributed by atoms with van der Waals surface area (Å²) in [5.74, 6) is 0. The molecule has 6 nitrogen and oxygen atoms in total. The molecule has 0 unspecified atom stereocenters. The van der Waals surface area contributed by atoms with Crippen molar-refractivity contribution in [3.63, 3.8) is 0 Å². The Hall–Kier alpha value is -3.64. The van der Waals surface area contributed by atoms with Crippen molar-refractivity contribution in [2.24, 2.45) is 4.99 Å². The van der Waals surface area contributed by atoms with Crippen molar-refractivity contribution in [1.82, 2.24) is 14.5 Å². The van der Waals surface area contributed by atoms with Gasteiger partial charge in [0.2, 0.25) is 0 Å². The number of aromatic amines is 1. The van der Waals surface area contributed by atoms with E-state index >= 15 is 0 Å². The fourth-order valence-corrected chi connectivity index (χ4v) is 5.13. The van der Waals surface area contributed by atoms with Crippen LogP contribution in [0.4, 0.5) is 11.4 Å². The van der Waals surface area contributed by atoms with E-state index in [-0.39, 0.29) is 5.69 Å². The molecule has 166 valence electrons. The number of rotatable bonds is 3. The van der Waals surface area contributed by atoms with E-state index in [1.54, 1.807) is 4.57 Å². The molecule has 3 aromatic carbocycles. The maximum absolute atomic E-state index is 12.9. The smallest absolute Gasteiger partial charge is 0.331 e. The number of benzene rings is 3. The molecule has 0 spiro atoms. The summed E-state index contributed by atoms with van der Waals surface area (Å²) in [6, 6.07) is 20.7. The van der Waals surface area contributed by atoms with Gasteiger partial charge in [0.1, 0.15) is 0 Å². The molecule has 0 saturated carbocycles. The molecule has 1 saturated heterocycles. The number of hydrogen-bond donors (Lipinski definition) is 1. The largest absolute Gasteiger partial charge is 0.370 e. The Kier molecular flexibility index (Phi) is 4.88. The molecule has 1 N–H and O–H groups in total. The zero-order valence-corrected chi connectivity index (χ0v) is 18.8. The third-order valence-electron chi connectivity index (χ3n) is 6.90. The number of para-hydroxylation sites is 2. The number of likely N-dealkylation sites (N-methyl/N-ethyl adjacent to an activating group) is 1. The maximum atomic E-state index is 12.9. The summed E-state index contributed by atoms with van der Waals surface area (Å²) < 4.78 is 1.75. The Labute approximate surface area is 192 Å². The van der Waals surface area contributed by atoms with Gasteiger partial charge in [-0.05, 0) is 49.3 Å². The quantitative estimate of drug-likeness (QED) is 0.449. The van der Waals surface area contributed by atoms with E-state index in [9.17, 15) is 4.79 Å². The van der Waals surface area contributed by atoms with E-state index in [2.05, 4.69) is 52.0 Å². The molecule has 2 aliphatic heterocycles. The molecule has 4 aromatic rings. The average molecular weight is 438 g/mol. The van der Waals surface area contributed by atoms with Crippen LogP contribution in [0.2, 0.25) is 0 Å². The number of H-pyrrole nitrogens is 1. The van der Waals surface area contributed by atoms with Crippen LogP contribution >= 0.6 is 0 Å². The van der Waals surface area contributed by atoms with E-state index in [4.69, 9.17) is 4.99 Å². The summed E-state index contributed by atoms with van der Waals surface area (Å²) in [6.07, 6.45) is 3.06.